The number of para-hydroxylation sites is 1. The molecule has 47 heavy (non-hydrogen) atoms. The minimum absolute atomic E-state index is 0.0178. The Balaban J connectivity index is 1.46. The van der Waals surface area contributed by atoms with Gasteiger partial charge < -0.3 is 29.6 Å². The summed E-state index contributed by atoms with van der Waals surface area (Å²) in [6.45, 7) is 9.39. The molecule has 0 fully saturated rings. The number of allylic oxidation sites excluding steroid dienone is 2. The standard InChI is InChI=1S/C35H37FN4O6S/c1-5-12-24-17-23(18-29(43-6-2)33(24)46-20-25-13-8-10-15-27(25)36)19-37-40-30(41)21-45-28-16-11-9-14-26(28)32-31(34(42)44-7-3)22(4)38-35(47)39-32/h5,8-11,13-19,32H,1,6-7,12,20-21H2,2-4H3,(H,40,41)(H2,38,39,47)/t32-/m0/s1. The lowest BCUT2D eigenvalue weighted by Crippen LogP contribution is -2.45. The Morgan fingerprint density at radius 1 is 1.02 bits per heavy atom. The van der Waals surface area contributed by atoms with Crippen molar-refractivity contribution in [2.75, 3.05) is 19.8 Å². The third kappa shape index (κ3) is 9.17. The molecule has 246 valence electrons. The van der Waals surface area contributed by atoms with Crippen LogP contribution in [0.25, 0.3) is 0 Å². The summed E-state index contributed by atoms with van der Waals surface area (Å²) >= 11 is 5.33. The van der Waals surface area contributed by atoms with Gasteiger partial charge in [-0.05, 0) is 69.2 Å². The molecule has 0 radical (unpaired) electrons. The van der Waals surface area contributed by atoms with Crippen LogP contribution in [0.4, 0.5) is 4.39 Å². The number of halogens is 1. The van der Waals surface area contributed by atoms with Crippen LogP contribution in [0.3, 0.4) is 0 Å². The van der Waals surface area contributed by atoms with Crippen LogP contribution < -0.4 is 30.3 Å². The Morgan fingerprint density at radius 3 is 2.53 bits per heavy atom. The van der Waals surface area contributed by atoms with Gasteiger partial charge in [0, 0.05) is 22.4 Å². The van der Waals surface area contributed by atoms with Gasteiger partial charge in [-0.1, -0.05) is 42.5 Å². The molecule has 0 aliphatic carbocycles. The summed E-state index contributed by atoms with van der Waals surface area (Å²) in [5.41, 5.74) is 5.80. The lowest BCUT2D eigenvalue weighted by molar-refractivity contribution is -0.139. The van der Waals surface area contributed by atoms with Gasteiger partial charge in [-0.2, -0.15) is 5.10 Å². The van der Waals surface area contributed by atoms with Gasteiger partial charge in [-0.25, -0.2) is 14.6 Å². The summed E-state index contributed by atoms with van der Waals surface area (Å²) in [5, 5.41) is 10.5. The number of amides is 1. The Hall–Kier alpha value is -5.23. The zero-order valence-electron chi connectivity index (χ0n) is 26.4. The molecule has 1 heterocycles. The van der Waals surface area contributed by atoms with Crippen LogP contribution >= 0.6 is 12.2 Å². The number of nitrogens with zero attached hydrogens (tertiary/aromatic N) is 1. The van der Waals surface area contributed by atoms with E-state index in [1.165, 1.54) is 12.3 Å². The van der Waals surface area contributed by atoms with Crippen molar-refractivity contribution in [3.05, 3.63) is 113 Å². The summed E-state index contributed by atoms with van der Waals surface area (Å²) in [5.74, 6) is -0.0547. The second-order valence-corrected chi connectivity index (χ2v) is 10.6. The average molecular weight is 661 g/mol. The molecule has 0 saturated heterocycles. The molecule has 3 aromatic carbocycles. The normalized spacial score (nSPS) is 14.2. The first-order chi connectivity index (χ1) is 22.7. The summed E-state index contributed by atoms with van der Waals surface area (Å²) in [4.78, 5) is 25.5. The number of nitrogens with one attached hydrogen (secondary N) is 3. The van der Waals surface area contributed by atoms with Gasteiger partial charge >= 0.3 is 5.97 Å². The first kappa shape index (κ1) is 34.6. The van der Waals surface area contributed by atoms with Crippen LogP contribution in [-0.4, -0.2) is 43.0 Å². The number of hydrogen-bond acceptors (Lipinski definition) is 8. The van der Waals surface area contributed by atoms with E-state index >= 15 is 0 Å². The molecule has 0 unspecified atom stereocenters. The largest absolute Gasteiger partial charge is 0.490 e. The second-order valence-electron chi connectivity index (χ2n) is 10.2. The third-order valence-corrected chi connectivity index (χ3v) is 7.12. The quantitative estimate of drug-likeness (QED) is 0.0646. The molecule has 0 aromatic heterocycles. The van der Waals surface area contributed by atoms with Crippen LogP contribution in [0.1, 0.15) is 49.1 Å². The highest BCUT2D eigenvalue weighted by Gasteiger charge is 2.32. The van der Waals surface area contributed by atoms with E-state index in [2.05, 4.69) is 27.7 Å². The molecule has 3 aromatic rings. The SMILES string of the molecule is C=CCc1cc(C=NNC(=O)COc2ccccc2[C@@H]2NC(=S)NC(C)=C2C(=O)OCC)cc(OCC)c1OCc1ccccc1F. The summed E-state index contributed by atoms with van der Waals surface area (Å²) < 4.78 is 37.2. The predicted octanol–water partition coefficient (Wildman–Crippen LogP) is 5.42. The number of rotatable bonds is 15. The molecule has 1 aliphatic heterocycles. The lowest BCUT2D eigenvalue weighted by atomic mass is 9.95. The Kier molecular flexibility index (Phi) is 12.5. The minimum Gasteiger partial charge on any atom is -0.490 e. The third-order valence-electron chi connectivity index (χ3n) is 6.90. The Bertz CT molecular complexity index is 1690. The molecule has 0 saturated carbocycles. The van der Waals surface area contributed by atoms with Crippen molar-refractivity contribution in [2.24, 2.45) is 5.10 Å². The molecule has 12 heteroatoms. The number of thiocarbonyl (C=S) groups is 1. The van der Waals surface area contributed by atoms with Crippen LogP contribution in [0, 0.1) is 5.82 Å². The van der Waals surface area contributed by atoms with Gasteiger partial charge in [0.05, 0.1) is 31.0 Å². The highest BCUT2D eigenvalue weighted by Crippen LogP contribution is 2.35. The van der Waals surface area contributed by atoms with Gasteiger partial charge in [0.25, 0.3) is 5.91 Å². The van der Waals surface area contributed by atoms with E-state index in [9.17, 15) is 14.0 Å². The predicted molar refractivity (Wildman–Crippen MR) is 181 cm³/mol. The molecule has 10 nitrogen and oxygen atoms in total. The molecular weight excluding hydrogens is 623 g/mol. The first-order valence-corrected chi connectivity index (χ1v) is 15.4. The molecular formula is C35H37FN4O6S. The van der Waals surface area contributed by atoms with Crippen LogP contribution in [0.5, 0.6) is 17.2 Å². The van der Waals surface area contributed by atoms with E-state index in [-0.39, 0.29) is 25.6 Å². The topological polar surface area (TPSA) is 120 Å². The number of carbonyl (C=O) groups excluding carboxylic acids is 2. The average Bonchev–Trinajstić information content (AvgIpc) is 3.04. The monoisotopic (exact) mass is 660 g/mol. The van der Waals surface area contributed by atoms with Crippen molar-refractivity contribution < 1.29 is 32.9 Å². The van der Waals surface area contributed by atoms with Crippen molar-refractivity contribution in [3.8, 4) is 17.2 Å². The zero-order chi connectivity index (χ0) is 33.8. The fourth-order valence-electron chi connectivity index (χ4n) is 4.87. The van der Waals surface area contributed by atoms with Gasteiger partial charge in [-0.3, -0.25) is 4.79 Å². The van der Waals surface area contributed by atoms with Crippen molar-refractivity contribution in [1.29, 1.82) is 0 Å². The smallest absolute Gasteiger partial charge is 0.338 e. The second kappa shape index (κ2) is 16.9. The summed E-state index contributed by atoms with van der Waals surface area (Å²) in [7, 11) is 0. The van der Waals surface area contributed by atoms with Crippen molar-refractivity contribution in [3.63, 3.8) is 0 Å². The van der Waals surface area contributed by atoms with Crippen molar-refractivity contribution in [1.82, 2.24) is 16.1 Å². The van der Waals surface area contributed by atoms with E-state index in [0.29, 0.717) is 63.3 Å². The van der Waals surface area contributed by atoms with Gasteiger partial charge in [0.2, 0.25) is 0 Å². The van der Waals surface area contributed by atoms with E-state index in [4.69, 9.17) is 31.2 Å². The zero-order valence-corrected chi connectivity index (χ0v) is 27.2. The van der Waals surface area contributed by atoms with Crippen LogP contribution in [0.15, 0.2) is 89.7 Å². The molecule has 4 rings (SSSR count). The number of hydrogen-bond donors (Lipinski definition) is 3. The lowest BCUT2D eigenvalue weighted by Gasteiger charge is -2.30. The van der Waals surface area contributed by atoms with Crippen molar-refractivity contribution in [2.45, 2.75) is 39.8 Å². The maximum absolute atomic E-state index is 14.2. The first-order valence-electron chi connectivity index (χ1n) is 15.0. The van der Waals surface area contributed by atoms with E-state index in [1.54, 1.807) is 68.5 Å². The van der Waals surface area contributed by atoms with Crippen molar-refractivity contribution >= 4 is 35.4 Å². The highest BCUT2D eigenvalue weighted by molar-refractivity contribution is 7.80. The Labute approximate surface area is 278 Å². The number of benzene rings is 3. The van der Waals surface area contributed by atoms with Gasteiger partial charge in [0.1, 0.15) is 18.2 Å². The summed E-state index contributed by atoms with van der Waals surface area (Å²) in [6.07, 6.45) is 3.65. The van der Waals surface area contributed by atoms with E-state index in [0.717, 1.165) is 5.56 Å². The maximum atomic E-state index is 14.2. The van der Waals surface area contributed by atoms with E-state index < -0.39 is 17.9 Å². The molecule has 3 N–H and O–H groups in total. The molecule has 1 atom stereocenters. The molecule has 1 amide bonds. The summed E-state index contributed by atoms with van der Waals surface area (Å²) in [6, 6.07) is 16.3. The van der Waals surface area contributed by atoms with Crippen LogP contribution in [-0.2, 0) is 27.4 Å². The number of esters is 1. The van der Waals surface area contributed by atoms with Crippen LogP contribution in [0.2, 0.25) is 0 Å². The highest BCUT2D eigenvalue weighted by atomic mass is 32.1. The molecule has 1 aliphatic rings. The number of hydrazone groups is 1. The fraction of sp³-hybridized carbons (Fsp3) is 0.257. The van der Waals surface area contributed by atoms with Gasteiger partial charge in [0.15, 0.2) is 23.2 Å². The minimum atomic E-state index is -0.650. The fourth-order valence-corrected chi connectivity index (χ4v) is 5.14. The molecule has 0 bridgehead atoms. The maximum Gasteiger partial charge on any atom is 0.338 e. The van der Waals surface area contributed by atoms with Gasteiger partial charge in [-0.15, -0.1) is 6.58 Å². The number of carbonyl (C=O) groups is 2. The Morgan fingerprint density at radius 2 is 1.79 bits per heavy atom. The van der Waals surface area contributed by atoms with E-state index in [1.807, 2.05) is 13.0 Å². The molecule has 0 spiro atoms. The number of ether oxygens (including phenoxy) is 4.